The van der Waals surface area contributed by atoms with E-state index in [1.165, 1.54) is 6.92 Å². The SMILES string of the molecule is CCOC(=O)CCCNC(C)c1cccc(NC(C)=O)c1. The number of hydrogen-bond acceptors (Lipinski definition) is 4. The highest BCUT2D eigenvalue weighted by Crippen LogP contribution is 2.17. The minimum atomic E-state index is -0.153. The zero-order valence-corrected chi connectivity index (χ0v) is 12.9. The summed E-state index contributed by atoms with van der Waals surface area (Å²) in [5.74, 6) is -0.234. The molecule has 0 aliphatic heterocycles. The molecule has 116 valence electrons. The lowest BCUT2D eigenvalue weighted by atomic mass is 10.1. The largest absolute Gasteiger partial charge is 0.466 e. The average Bonchev–Trinajstić information content (AvgIpc) is 2.43. The van der Waals surface area contributed by atoms with Crippen molar-refractivity contribution in [2.24, 2.45) is 0 Å². The summed E-state index contributed by atoms with van der Waals surface area (Å²) in [5.41, 5.74) is 1.89. The molecule has 1 aromatic carbocycles. The van der Waals surface area contributed by atoms with E-state index in [-0.39, 0.29) is 17.9 Å². The molecule has 0 saturated heterocycles. The van der Waals surface area contributed by atoms with Crippen LogP contribution in [0.4, 0.5) is 5.69 Å². The second-order valence-corrected chi connectivity index (χ2v) is 4.89. The number of ether oxygens (including phenoxy) is 1. The Morgan fingerprint density at radius 2 is 2.10 bits per heavy atom. The van der Waals surface area contributed by atoms with E-state index in [1.54, 1.807) is 6.92 Å². The Bertz CT molecular complexity index is 474. The molecule has 1 aromatic rings. The molecule has 1 atom stereocenters. The summed E-state index contributed by atoms with van der Waals surface area (Å²) in [4.78, 5) is 22.3. The van der Waals surface area contributed by atoms with E-state index in [0.717, 1.165) is 24.2 Å². The van der Waals surface area contributed by atoms with Gasteiger partial charge in [0.25, 0.3) is 0 Å². The maximum Gasteiger partial charge on any atom is 0.305 e. The Morgan fingerprint density at radius 1 is 1.33 bits per heavy atom. The Morgan fingerprint density at radius 3 is 2.76 bits per heavy atom. The summed E-state index contributed by atoms with van der Waals surface area (Å²) in [6, 6.07) is 7.88. The molecule has 21 heavy (non-hydrogen) atoms. The highest BCUT2D eigenvalue weighted by atomic mass is 16.5. The Labute approximate surface area is 126 Å². The minimum Gasteiger partial charge on any atom is -0.466 e. The third kappa shape index (κ3) is 6.90. The fourth-order valence-electron chi connectivity index (χ4n) is 1.99. The van der Waals surface area contributed by atoms with E-state index in [0.29, 0.717) is 13.0 Å². The predicted octanol–water partition coefficient (Wildman–Crippen LogP) is 2.64. The number of anilines is 1. The third-order valence-electron chi connectivity index (χ3n) is 3.02. The number of carbonyl (C=O) groups is 2. The Kier molecular flexibility index (Phi) is 7.46. The van der Waals surface area contributed by atoms with E-state index < -0.39 is 0 Å². The molecule has 0 radical (unpaired) electrons. The number of esters is 1. The maximum atomic E-state index is 11.2. The molecule has 0 aromatic heterocycles. The topological polar surface area (TPSA) is 67.4 Å². The molecule has 5 heteroatoms. The van der Waals surface area contributed by atoms with Crippen LogP contribution in [0.15, 0.2) is 24.3 Å². The van der Waals surface area contributed by atoms with Crippen molar-refractivity contribution in [2.45, 2.75) is 39.7 Å². The molecule has 0 aliphatic carbocycles. The standard InChI is InChI=1S/C16H24N2O3/c1-4-21-16(20)9-6-10-17-12(2)14-7-5-8-15(11-14)18-13(3)19/h5,7-8,11-12,17H,4,6,9-10H2,1-3H3,(H,18,19). The molecule has 0 spiro atoms. The first-order valence-electron chi connectivity index (χ1n) is 7.29. The average molecular weight is 292 g/mol. The molecule has 0 fully saturated rings. The van der Waals surface area contributed by atoms with Crippen LogP contribution in [0.1, 0.15) is 45.2 Å². The van der Waals surface area contributed by atoms with Gasteiger partial charge < -0.3 is 15.4 Å². The van der Waals surface area contributed by atoms with Crippen molar-refractivity contribution in [3.8, 4) is 0 Å². The van der Waals surface area contributed by atoms with Crippen LogP contribution in [0.3, 0.4) is 0 Å². The molecular weight excluding hydrogens is 268 g/mol. The first-order chi connectivity index (χ1) is 10.0. The maximum absolute atomic E-state index is 11.2. The Balaban J connectivity index is 2.39. The molecule has 5 nitrogen and oxygen atoms in total. The van der Waals surface area contributed by atoms with Gasteiger partial charge in [0.05, 0.1) is 6.61 Å². The van der Waals surface area contributed by atoms with Crippen LogP contribution in [-0.4, -0.2) is 25.0 Å². The fraction of sp³-hybridized carbons (Fsp3) is 0.500. The third-order valence-corrected chi connectivity index (χ3v) is 3.02. The van der Waals surface area contributed by atoms with Gasteiger partial charge >= 0.3 is 5.97 Å². The number of carbonyl (C=O) groups excluding carboxylic acids is 2. The van der Waals surface area contributed by atoms with Crippen molar-refractivity contribution in [2.75, 3.05) is 18.5 Å². The van der Waals surface area contributed by atoms with Crippen LogP contribution in [0.25, 0.3) is 0 Å². The van der Waals surface area contributed by atoms with Gasteiger partial charge in [-0.15, -0.1) is 0 Å². The van der Waals surface area contributed by atoms with E-state index in [1.807, 2.05) is 24.3 Å². The van der Waals surface area contributed by atoms with Gasteiger partial charge in [-0.2, -0.15) is 0 Å². The number of hydrogen-bond donors (Lipinski definition) is 2. The zero-order valence-electron chi connectivity index (χ0n) is 12.9. The van der Waals surface area contributed by atoms with Gasteiger partial charge in [0.2, 0.25) is 5.91 Å². The van der Waals surface area contributed by atoms with Gasteiger partial charge in [0, 0.05) is 25.1 Å². The van der Waals surface area contributed by atoms with E-state index in [4.69, 9.17) is 4.74 Å². The van der Waals surface area contributed by atoms with Crippen molar-refractivity contribution in [3.63, 3.8) is 0 Å². The normalized spacial score (nSPS) is 11.8. The van der Waals surface area contributed by atoms with Crippen LogP contribution in [0, 0.1) is 0 Å². The lowest BCUT2D eigenvalue weighted by Gasteiger charge is -2.15. The predicted molar refractivity (Wildman–Crippen MR) is 83.0 cm³/mol. The van der Waals surface area contributed by atoms with Gasteiger partial charge in [-0.3, -0.25) is 9.59 Å². The highest BCUT2D eigenvalue weighted by molar-refractivity contribution is 5.88. The van der Waals surface area contributed by atoms with Gasteiger partial charge in [0.15, 0.2) is 0 Å². The van der Waals surface area contributed by atoms with Gasteiger partial charge in [-0.1, -0.05) is 12.1 Å². The fourth-order valence-corrected chi connectivity index (χ4v) is 1.99. The number of nitrogens with one attached hydrogen (secondary N) is 2. The van der Waals surface area contributed by atoms with Gasteiger partial charge in [0.1, 0.15) is 0 Å². The molecule has 1 amide bonds. The summed E-state index contributed by atoms with van der Waals surface area (Å²) in [5, 5.41) is 6.12. The van der Waals surface area contributed by atoms with Crippen molar-refractivity contribution in [3.05, 3.63) is 29.8 Å². The molecule has 1 rings (SSSR count). The lowest BCUT2D eigenvalue weighted by molar-refractivity contribution is -0.143. The summed E-state index contributed by atoms with van der Waals surface area (Å²) in [6.45, 7) is 6.52. The van der Waals surface area contributed by atoms with Crippen LogP contribution in [0.5, 0.6) is 0 Å². The van der Waals surface area contributed by atoms with Crippen molar-refractivity contribution in [1.82, 2.24) is 5.32 Å². The van der Waals surface area contributed by atoms with Gasteiger partial charge in [-0.05, 0) is 44.5 Å². The first-order valence-corrected chi connectivity index (χ1v) is 7.29. The second kappa shape index (κ2) is 9.13. The van der Waals surface area contributed by atoms with Crippen molar-refractivity contribution >= 4 is 17.6 Å². The van der Waals surface area contributed by atoms with Crippen LogP contribution in [-0.2, 0) is 14.3 Å². The van der Waals surface area contributed by atoms with Crippen molar-refractivity contribution in [1.29, 1.82) is 0 Å². The summed E-state index contributed by atoms with van der Waals surface area (Å²) in [7, 11) is 0. The monoisotopic (exact) mass is 292 g/mol. The molecule has 0 saturated carbocycles. The smallest absolute Gasteiger partial charge is 0.305 e. The zero-order chi connectivity index (χ0) is 15.7. The van der Waals surface area contributed by atoms with E-state index in [2.05, 4.69) is 17.6 Å². The quantitative estimate of drug-likeness (QED) is 0.571. The molecule has 0 aliphatic rings. The summed E-state index contributed by atoms with van der Waals surface area (Å²) in [6.07, 6.45) is 1.17. The summed E-state index contributed by atoms with van der Waals surface area (Å²) >= 11 is 0. The van der Waals surface area contributed by atoms with Crippen LogP contribution >= 0.6 is 0 Å². The minimum absolute atomic E-state index is 0.0813. The molecule has 0 heterocycles. The number of amides is 1. The van der Waals surface area contributed by atoms with Crippen LogP contribution in [0.2, 0.25) is 0 Å². The van der Waals surface area contributed by atoms with Crippen molar-refractivity contribution < 1.29 is 14.3 Å². The number of rotatable bonds is 8. The number of benzene rings is 1. The highest BCUT2D eigenvalue weighted by Gasteiger charge is 2.07. The van der Waals surface area contributed by atoms with E-state index >= 15 is 0 Å². The molecule has 1 unspecified atom stereocenters. The lowest BCUT2D eigenvalue weighted by Crippen LogP contribution is -2.21. The summed E-state index contributed by atoms with van der Waals surface area (Å²) < 4.78 is 4.88. The van der Waals surface area contributed by atoms with E-state index in [9.17, 15) is 9.59 Å². The molecular formula is C16H24N2O3. The Hall–Kier alpha value is -1.88. The van der Waals surface area contributed by atoms with Gasteiger partial charge in [-0.25, -0.2) is 0 Å². The van der Waals surface area contributed by atoms with Crippen LogP contribution < -0.4 is 10.6 Å². The molecule has 0 bridgehead atoms. The first kappa shape index (κ1) is 17.2. The molecule has 2 N–H and O–H groups in total. The second-order valence-electron chi connectivity index (χ2n) is 4.89.